The zero-order valence-electron chi connectivity index (χ0n) is 9.43. The van der Waals surface area contributed by atoms with Crippen molar-refractivity contribution in [2.24, 2.45) is 5.10 Å². The standard InChI is InChI=1S/C11H10ClF2N3O/c1-7-15-17(9-4-2-8(12)3-5-9)10(6-18)16(7)11(13)14/h2-6,10-11H,1H3. The highest BCUT2D eigenvalue weighted by Crippen LogP contribution is 2.27. The van der Waals surface area contributed by atoms with Crippen LogP contribution in [-0.4, -0.2) is 29.7 Å². The summed E-state index contributed by atoms with van der Waals surface area (Å²) in [6, 6.07) is 6.44. The van der Waals surface area contributed by atoms with Crippen molar-refractivity contribution in [1.29, 1.82) is 0 Å². The molecule has 1 unspecified atom stereocenters. The summed E-state index contributed by atoms with van der Waals surface area (Å²) in [5, 5.41) is 5.73. The predicted molar refractivity (Wildman–Crippen MR) is 64.7 cm³/mol. The van der Waals surface area contributed by atoms with Gasteiger partial charge in [0.15, 0.2) is 12.5 Å². The number of rotatable bonds is 3. The van der Waals surface area contributed by atoms with Gasteiger partial charge in [-0.3, -0.25) is 9.69 Å². The van der Waals surface area contributed by atoms with E-state index in [-0.39, 0.29) is 5.84 Å². The van der Waals surface area contributed by atoms with Crippen LogP contribution in [0.1, 0.15) is 6.92 Å². The van der Waals surface area contributed by atoms with Gasteiger partial charge in [-0.2, -0.15) is 13.9 Å². The van der Waals surface area contributed by atoms with Gasteiger partial charge in [0.05, 0.1) is 5.69 Å². The highest BCUT2D eigenvalue weighted by atomic mass is 35.5. The van der Waals surface area contributed by atoms with Gasteiger partial charge in [0.1, 0.15) is 5.84 Å². The van der Waals surface area contributed by atoms with E-state index in [1.165, 1.54) is 11.9 Å². The fourth-order valence-corrected chi connectivity index (χ4v) is 1.89. The summed E-state index contributed by atoms with van der Waals surface area (Å²) in [5.74, 6) is 0.0945. The van der Waals surface area contributed by atoms with Gasteiger partial charge < -0.3 is 0 Å². The number of nitrogens with zero attached hydrogens (tertiary/aromatic N) is 3. The second kappa shape index (κ2) is 4.89. The number of halogens is 3. The molecule has 1 heterocycles. The molecule has 18 heavy (non-hydrogen) atoms. The molecule has 0 radical (unpaired) electrons. The lowest BCUT2D eigenvalue weighted by Crippen LogP contribution is -2.45. The number of benzene rings is 1. The van der Waals surface area contributed by atoms with E-state index in [0.717, 1.165) is 0 Å². The Labute approximate surface area is 107 Å². The van der Waals surface area contributed by atoms with Crippen LogP contribution >= 0.6 is 11.6 Å². The molecule has 0 fully saturated rings. The number of hydrazone groups is 1. The quantitative estimate of drug-likeness (QED) is 0.627. The fourth-order valence-electron chi connectivity index (χ4n) is 1.76. The Hall–Kier alpha value is -1.69. The summed E-state index contributed by atoms with van der Waals surface area (Å²) < 4.78 is 25.6. The second-order valence-corrected chi connectivity index (χ2v) is 4.14. The van der Waals surface area contributed by atoms with Gasteiger partial charge in [-0.15, -0.1) is 0 Å². The Morgan fingerprint density at radius 1 is 1.39 bits per heavy atom. The molecule has 1 aliphatic heterocycles. The number of amidine groups is 1. The summed E-state index contributed by atoms with van der Waals surface area (Å²) in [7, 11) is 0. The van der Waals surface area contributed by atoms with Crippen LogP contribution in [0.5, 0.6) is 0 Å². The Morgan fingerprint density at radius 3 is 2.50 bits per heavy atom. The smallest absolute Gasteiger partial charge is 0.299 e. The number of hydrogen-bond acceptors (Lipinski definition) is 4. The number of alkyl halides is 2. The number of carbonyl (C=O) groups is 1. The zero-order chi connectivity index (χ0) is 13.3. The van der Waals surface area contributed by atoms with Crippen LogP contribution in [0.25, 0.3) is 0 Å². The third-order valence-corrected chi connectivity index (χ3v) is 2.84. The van der Waals surface area contributed by atoms with Gasteiger partial charge in [0.25, 0.3) is 0 Å². The van der Waals surface area contributed by atoms with Crippen LogP contribution in [0.15, 0.2) is 29.4 Å². The minimum absolute atomic E-state index is 0.0945. The summed E-state index contributed by atoms with van der Waals surface area (Å²) in [6.07, 6.45) is -0.702. The molecule has 1 aromatic carbocycles. The summed E-state index contributed by atoms with van der Waals surface area (Å²) in [6.45, 7) is -1.35. The van der Waals surface area contributed by atoms with Gasteiger partial charge in [0.2, 0.25) is 0 Å². The lowest BCUT2D eigenvalue weighted by molar-refractivity contribution is -0.114. The molecule has 0 saturated carbocycles. The molecule has 7 heteroatoms. The van der Waals surface area contributed by atoms with Gasteiger partial charge in [-0.1, -0.05) is 11.6 Å². The van der Waals surface area contributed by atoms with Crippen molar-refractivity contribution in [3.63, 3.8) is 0 Å². The SMILES string of the molecule is CC1=NN(c2ccc(Cl)cc2)C(C=O)N1C(F)F. The van der Waals surface area contributed by atoms with Gasteiger partial charge in [0, 0.05) is 5.02 Å². The molecule has 0 spiro atoms. The van der Waals surface area contributed by atoms with Crippen LogP contribution in [0.4, 0.5) is 14.5 Å². The highest BCUT2D eigenvalue weighted by molar-refractivity contribution is 6.30. The van der Waals surface area contributed by atoms with Crippen molar-refractivity contribution >= 4 is 29.4 Å². The maximum absolute atomic E-state index is 12.8. The average molecular weight is 274 g/mol. The molecule has 4 nitrogen and oxygen atoms in total. The van der Waals surface area contributed by atoms with E-state index in [0.29, 0.717) is 21.9 Å². The molecule has 1 atom stereocenters. The van der Waals surface area contributed by atoms with Crippen molar-refractivity contribution in [2.45, 2.75) is 19.6 Å². The van der Waals surface area contributed by atoms with E-state index in [2.05, 4.69) is 5.10 Å². The Balaban J connectivity index is 2.34. The van der Waals surface area contributed by atoms with Crippen LogP contribution in [-0.2, 0) is 4.79 Å². The fraction of sp³-hybridized carbons (Fsp3) is 0.273. The minimum Gasteiger partial charge on any atom is -0.299 e. The predicted octanol–water partition coefficient (Wildman–Crippen LogP) is 2.54. The van der Waals surface area contributed by atoms with Gasteiger partial charge >= 0.3 is 6.55 Å². The Bertz CT molecular complexity index is 478. The highest BCUT2D eigenvalue weighted by Gasteiger charge is 2.37. The molecule has 0 aliphatic carbocycles. The van der Waals surface area contributed by atoms with Crippen molar-refractivity contribution in [2.75, 3.05) is 5.01 Å². The first-order valence-electron chi connectivity index (χ1n) is 5.16. The second-order valence-electron chi connectivity index (χ2n) is 3.70. The van der Waals surface area contributed by atoms with Crippen molar-refractivity contribution < 1.29 is 13.6 Å². The van der Waals surface area contributed by atoms with Gasteiger partial charge in [-0.25, -0.2) is 5.01 Å². The summed E-state index contributed by atoms with van der Waals surface area (Å²) in [4.78, 5) is 11.7. The van der Waals surface area contributed by atoms with Gasteiger partial charge in [-0.05, 0) is 31.2 Å². The monoisotopic (exact) mass is 273 g/mol. The van der Waals surface area contributed by atoms with E-state index in [1.807, 2.05) is 0 Å². The van der Waals surface area contributed by atoms with E-state index in [1.54, 1.807) is 24.3 Å². The van der Waals surface area contributed by atoms with Crippen LogP contribution in [0.2, 0.25) is 5.02 Å². The molecule has 0 bridgehead atoms. The van der Waals surface area contributed by atoms with E-state index in [4.69, 9.17) is 11.6 Å². The van der Waals surface area contributed by atoms with E-state index < -0.39 is 12.7 Å². The molecule has 0 saturated heterocycles. The lowest BCUT2D eigenvalue weighted by Gasteiger charge is -2.26. The van der Waals surface area contributed by atoms with Crippen LogP contribution < -0.4 is 5.01 Å². The Morgan fingerprint density at radius 2 is 2.00 bits per heavy atom. The van der Waals surface area contributed by atoms with Crippen molar-refractivity contribution in [3.8, 4) is 0 Å². The number of anilines is 1. The van der Waals surface area contributed by atoms with E-state index >= 15 is 0 Å². The first-order valence-corrected chi connectivity index (χ1v) is 5.54. The molecular formula is C11H10ClF2N3O. The van der Waals surface area contributed by atoms with Crippen LogP contribution in [0.3, 0.4) is 0 Å². The molecule has 0 aromatic heterocycles. The first kappa shape index (κ1) is 12.8. The number of carbonyl (C=O) groups excluding carboxylic acids is 1. The Kier molecular flexibility index (Phi) is 3.47. The number of aldehydes is 1. The van der Waals surface area contributed by atoms with Crippen LogP contribution in [0, 0.1) is 0 Å². The number of hydrogen-bond donors (Lipinski definition) is 0. The third-order valence-electron chi connectivity index (χ3n) is 2.58. The van der Waals surface area contributed by atoms with Crippen molar-refractivity contribution in [1.82, 2.24) is 4.90 Å². The molecule has 1 aromatic rings. The normalized spacial score (nSPS) is 19.4. The maximum atomic E-state index is 12.8. The zero-order valence-corrected chi connectivity index (χ0v) is 10.2. The molecule has 1 aliphatic rings. The molecular weight excluding hydrogens is 264 g/mol. The molecule has 2 rings (SSSR count). The first-order chi connectivity index (χ1) is 8.54. The molecule has 96 valence electrons. The summed E-state index contributed by atoms with van der Waals surface area (Å²) >= 11 is 5.74. The third kappa shape index (κ3) is 2.15. The maximum Gasteiger partial charge on any atom is 0.318 e. The minimum atomic E-state index is -2.78. The molecule has 0 N–H and O–H groups in total. The van der Waals surface area contributed by atoms with Crippen molar-refractivity contribution in [3.05, 3.63) is 29.3 Å². The molecule has 0 amide bonds. The van der Waals surface area contributed by atoms with E-state index in [9.17, 15) is 13.6 Å². The largest absolute Gasteiger partial charge is 0.318 e. The lowest BCUT2D eigenvalue weighted by atomic mass is 10.3. The average Bonchev–Trinajstić information content (AvgIpc) is 2.67. The topological polar surface area (TPSA) is 35.9 Å². The summed E-state index contributed by atoms with van der Waals surface area (Å²) in [5.41, 5.74) is 0.527.